The molecule has 22 heavy (non-hydrogen) atoms. The van der Waals surface area contributed by atoms with E-state index in [1.807, 2.05) is 7.05 Å². The van der Waals surface area contributed by atoms with E-state index in [-0.39, 0.29) is 10.3 Å². The van der Waals surface area contributed by atoms with Crippen LogP contribution in [0.2, 0.25) is 0 Å². The van der Waals surface area contributed by atoms with E-state index in [0.717, 1.165) is 19.5 Å². The first-order valence-electron chi connectivity index (χ1n) is 7.43. The lowest BCUT2D eigenvalue weighted by Gasteiger charge is -2.31. The number of likely N-dealkylation sites (tertiary alicyclic amines) is 1. The molecule has 7 heteroatoms. The first kappa shape index (κ1) is 15.9. The average molecular weight is 328 g/mol. The Labute approximate surface area is 130 Å². The molecule has 2 fully saturated rings. The molecule has 2 saturated heterocycles. The Bertz CT molecular complexity index is 635. The molecule has 2 aliphatic rings. The zero-order valence-corrected chi connectivity index (χ0v) is 13.5. The van der Waals surface area contributed by atoms with Gasteiger partial charge in [0.1, 0.15) is 5.82 Å². The van der Waals surface area contributed by atoms with E-state index < -0.39 is 15.8 Å². The molecule has 122 valence electrons. The third kappa shape index (κ3) is 3.03. The highest BCUT2D eigenvalue weighted by Gasteiger charge is 2.42. The van der Waals surface area contributed by atoms with Crippen LogP contribution in [0.4, 0.5) is 4.39 Å². The van der Waals surface area contributed by atoms with E-state index in [2.05, 4.69) is 4.90 Å². The highest BCUT2D eigenvalue weighted by molar-refractivity contribution is 7.89. The monoisotopic (exact) mass is 328 g/mol. The van der Waals surface area contributed by atoms with E-state index in [0.29, 0.717) is 26.3 Å². The number of halogens is 1. The van der Waals surface area contributed by atoms with Crippen LogP contribution in [0.25, 0.3) is 0 Å². The van der Waals surface area contributed by atoms with Crippen molar-refractivity contribution in [3.8, 4) is 0 Å². The van der Waals surface area contributed by atoms with Crippen LogP contribution in [-0.2, 0) is 14.8 Å². The fourth-order valence-corrected chi connectivity index (χ4v) is 4.86. The minimum Gasteiger partial charge on any atom is -0.379 e. The fraction of sp³-hybridized carbons (Fsp3) is 0.600. The molecule has 0 aromatic heterocycles. The van der Waals surface area contributed by atoms with Crippen molar-refractivity contribution in [3.63, 3.8) is 0 Å². The maximum absolute atomic E-state index is 13.0. The molecule has 5 nitrogen and oxygen atoms in total. The molecule has 0 amide bonds. The summed E-state index contributed by atoms with van der Waals surface area (Å²) in [6, 6.07) is 5.01. The molecule has 0 N–H and O–H groups in total. The molecular formula is C15H21FN2O3S. The van der Waals surface area contributed by atoms with Crippen molar-refractivity contribution >= 4 is 10.0 Å². The summed E-state index contributed by atoms with van der Waals surface area (Å²) < 4.78 is 45.8. The Morgan fingerprint density at radius 3 is 2.55 bits per heavy atom. The lowest BCUT2D eigenvalue weighted by Crippen LogP contribution is -2.43. The predicted molar refractivity (Wildman–Crippen MR) is 80.5 cm³/mol. The topological polar surface area (TPSA) is 49.9 Å². The van der Waals surface area contributed by atoms with Gasteiger partial charge in [0.2, 0.25) is 10.0 Å². The van der Waals surface area contributed by atoms with Gasteiger partial charge in [-0.3, -0.25) is 0 Å². The van der Waals surface area contributed by atoms with Crippen molar-refractivity contribution < 1.29 is 17.5 Å². The third-order valence-electron chi connectivity index (χ3n) is 4.49. The van der Waals surface area contributed by atoms with Gasteiger partial charge in [0.05, 0.1) is 18.1 Å². The predicted octanol–water partition coefficient (Wildman–Crippen LogP) is 1.17. The first-order valence-corrected chi connectivity index (χ1v) is 8.87. The molecule has 3 rings (SSSR count). The summed E-state index contributed by atoms with van der Waals surface area (Å²) in [7, 11) is -1.57. The summed E-state index contributed by atoms with van der Waals surface area (Å²) in [6.45, 7) is 3.57. The van der Waals surface area contributed by atoms with Crippen molar-refractivity contribution in [2.24, 2.45) is 5.41 Å². The highest BCUT2D eigenvalue weighted by atomic mass is 32.2. The van der Waals surface area contributed by atoms with Crippen LogP contribution in [-0.4, -0.2) is 64.1 Å². The summed E-state index contributed by atoms with van der Waals surface area (Å²) in [4.78, 5) is 2.34. The van der Waals surface area contributed by atoms with E-state index in [9.17, 15) is 12.8 Å². The SMILES string of the molecule is CN1CCC2(COCCN(S(=O)(=O)c3ccc(F)cc3)C2)C1. The minimum atomic E-state index is -3.61. The number of nitrogens with zero attached hydrogens (tertiary/aromatic N) is 2. The summed E-state index contributed by atoms with van der Waals surface area (Å²) in [5.41, 5.74) is -0.141. The molecule has 1 spiro atoms. The Balaban J connectivity index is 1.87. The van der Waals surface area contributed by atoms with Crippen LogP contribution >= 0.6 is 0 Å². The molecule has 1 atom stereocenters. The van der Waals surface area contributed by atoms with Crippen LogP contribution < -0.4 is 0 Å². The molecular weight excluding hydrogens is 307 g/mol. The zero-order chi connectivity index (χ0) is 15.8. The van der Waals surface area contributed by atoms with Crippen LogP contribution in [0, 0.1) is 11.2 Å². The largest absolute Gasteiger partial charge is 0.379 e. The van der Waals surface area contributed by atoms with Crippen molar-refractivity contribution in [1.82, 2.24) is 9.21 Å². The van der Waals surface area contributed by atoms with Crippen LogP contribution in [0.1, 0.15) is 6.42 Å². The quantitative estimate of drug-likeness (QED) is 0.818. The molecule has 0 saturated carbocycles. The summed E-state index contributed by atoms with van der Waals surface area (Å²) in [5, 5.41) is 0. The van der Waals surface area contributed by atoms with Crippen LogP contribution in [0.15, 0.2) is 29.2 Å². The number of benzene rings is 1. The van der Waals surface area contributed by atoms with Gasteiger partial charge in [0, 0.05) is 25.0 Å². The Kier molecular flexibility index (Phi) is 4.24. The van der Waals surface area contributed by atoms with Crippen LogP contribution in [0.3, 0.4) is 0 Å². The maximum Gasteiger partial charge on any atom is 0.243 e. The molecule has 0 bridgehead atoms. The van der Waals surface area contributed by atoms with E-state index >= 15 is 0 Å². The Hall–Kier alpha value is -1.02. The summed E-state index contributed by atoms with van der Waals surface area (Å²) >= 11 is 0. The lowest BCUT2D eigenvalue weighted by atomic mass is 9.88. The first-order chi connectivity index (χ1) is 10.4. The lowest BCUT2D eigenvalue weighted by molar-refractivity contribution is 0.0744. The molecule has 1 unspecified atom stereocenters. The molecule has 1 aromatic carbocycles. The average Bonchev–Trinajstić information content (AvgIpc) is 2.70. The summed E-state index contributed by atoms with van der Waals surface area (Å²) in [5.74, 6) is -0.438. The van der Waals surface area contributed by atoms with Gasteiger partial charge in [0.25, 0.3) is 0 Å². The summed E-state index contributed by atoms with van der Waals surface area (Å²) in [6.07, 6.45) is 0.930. The standard InChI is InChI=1S/C15H21FN2O3S/c1-17-7-6-15(10-17)11-18(8-9-21-12-15)22(19,20)14-4-2-13(16)3-5-14/h2-5H,6-12H2,1H3. The van der Waals surface area contributed by atoms with Crippen LogP contribution in [0.5, 0.6) is 0 Å². The van der Waals surface area contributed by atoms with E-state index in [1.165, 1.54) is 28.6 Å². The number of hydrogen-bond acceptors (Lipinski definition) is 4. The second kappa shape index (κ2) is 5.88. The van der Waals surface area contributed by atoms with Gasteiger partial charge in [-0.2, -0.15) is 4.31 Å². The molecule has 0 aliphatic carbocycles. The van der Waals surface area contributed by atoms with Gasteiger partial charge >= 0.3 is 0 Å². The molecule has 2 aliphatic heterocycles. The fourth-order valence-electron chi connectivity index (χ4n) is 3.32. The van der Waals surface area contributed by atoms with Crippen molar-refractivity contribution in [3.05, 3.63) is 30.1 Å². The van der Waals surface area contributed by atoms with E-state index in [4.69, 9.17) is 4.74 Å². The smallest absolute Gasteiger partial charge is 0.243 e. The second-order valence-electron chi connectivity index (χ2n) is 6.33. The van der Waals surface area contributed by atoms with Crippen molar-refractivity contribution in [2.45, 2.75) is 11.3 Å². The maximum atomic E-state index is 13.0. The van der Waals surface area contributed by atoms with Gasteiger partial charge in [-0.15, -0.1) is 0 Å². The second-order valence-corrected chi connectivity index (χ2v) is 8.27. The molecule has 2 heterocycles. The Morgan fingerprint density at radius 1 is 1.18 bits per heavy atom. The van der Waals surface area contributed by atoms with Gasteiger partial charge < -0.3 is 9.64 Å². The van der Waals surface area contributed by atoms with E-state index in [1.54, 1.807) is 0 Å². The number of ether oxygens (including phenoxy) is 1. The number of sulfonamides is 1. The zero-order valence-electron chi connectivity index (χ0n) is 12.7. The molecule has 0 radical (unpaired) electrons. The highest BCUT2D eigenvalue weighted by Crippen LogP contribution is 2.34. The van der Waals surface area contributed by atoms with Gasteiger partial charge in [0.15, 0.2) is 0 Å². The van der Waals surface area contributed by atoms with Crippen molar-refractivity contribution in [1.29, 1.82) is 0 Å². The third-order valence-corrected chi connectivity index (χ3v) is 6.35. The number of hydrogen-bond donors (Lipinski definition) is 0. The van der Waals surface area contributed by atoms with Gasteiger partial charge in [-0.25, -0.2) is 12.8 Å². The molecule has 1 aromatic rings. The van der Waals surface area contributed by atoms with Gasteiger partial charge in [-0.05, 0) is 44.3 Å². The normalized spacial score (nSPS) is 28.1. The van der Waals surface area contributed by atoms with Gasteiger partial charge in [-0.1, -0.05) is 0 Å². The minimum absolute atomic E-state index is 0.136. The Morgan fingerprint density at radius 2 is 1.91 bits per heavy atom. The van der Waals surface area contributed by atoms with Crippen molar-refractivity contribution in [2.75, 3.05) is 46.4 Å². The number of rotatable bonds is 2.